The van der Waals surface area contributed by atoms with Crippen LogP contribution in [0.1, 0.15) is 12.8 Å². The summed E-state index contributed by atoms with van der Waals surface area (Å²) < 4.78 is 5.39. The van der Waals surface area contributed by atoms with E-state index in [-0.39, 0.29) is 6.10 Å². The molecule has 0 aromatic rings. The van der Waals surface area contributed by atoms with E-state index in [4.69, 9.17) is 4.74 Å². The van der Waals surface area contributed by atoms with Gasteiger partial charge in [0.05, 0.1) is 12.7 Å². The number of aliphatic hydroxyl groups excluding tert-OH is 1. The molecular formula is C11H24N2O2. The fraction of sp³-hybridized carbons (Fsp3) is 1.00. The van der Waals surface area contributed by atoms with Gasteiger partial charge in [-0.2, -0.15) is 0 Å². The molecule has 4 heteroatoms. The van der Waals surface area contributed by atoms with Crippen molar-refractivity contribution in [3.05, 3.63) is 0 Å². The lowest BCUT2D eigenvalue weighted by Crippen LogP contribution is -2.38. The molecule has 1 saturated heterocycles. The minimum Gasteiger partial charge on any atom is -0.390 e. The van der Waals surface area contributed by atoms with Crippen LogP contribution in [0.2, 0.25) is 0 Å². The molecule has 15 heavy (non-hydrogen) atoms. The number of aliphatic hydroxyl groups is 1. The Bertz CT molecular complexity index is 159. The number of hydrogen-bond donors (Lipinski definition) is 2. The maximum Gasteiger partial charge on any atom is 0.0791 e. The van der Waals surface area contributed by atoms with Crippen LogP contribution in [0.5, 0.6) is 0 Å². The van der Waals surface area contributed by atoms with Crippen LogP contribution in [0, 0.1) is 5.92 Å². The van der Waals surface area contributed by atoms with Crippen molar-refractivity contribution in [2.24, 2.45) is 5.92 Å². The minimum absolute atomic E-state index is 0.274. The third-order valence-electron chi connectivity index (χ3n) is 2.64. The van der Waals surface area contributed by atoms with Crippen molar-refractivity contribution in [1.29, 1.82) is 0 Å². The lowest BCUT2D eigenvalue weighted by Gasteiger charge is -2.23. The van der Waals surface area contributed by atoms with E-state index in [0.29, 0.717) is 19.0 Å². The summed E-state index contributed by atoms with van der Waals surface area (Å²) in [5.41, 5.74) is 0. The fourth-order valence-electron chi connectivity index (χ4n) is 1.91. The van der Waals surface area contributed by atoms with Crippen LogP contribution in [-0.4, -0.2) is 63.1 Å². The number of nitrogens with zero attached hydrogens (tertiary/aromatic N) is 1. The van der Waals surface area contributed by atoms with Crippen LogP contribution in [0.3, 0.4) is 0 Å². The molecule has 2 unspecified atom stereocenters. The van der Waals surface area contributed by atoms with E-state index in [0.717, 1.165) is 19.8 Å². The van der Waals surface area contributed by atoms with Crippen molar-refractivity contribution in [2.45, 2.75) is 18.9 Å². The van der Waals surface area contributed by atoms with Crippen molar-refractivity contribution in [2.75, 3.05) is 46.9 Å². The van der Waals surface area contributed by atoms with Crippen molar-refractivity contribution < 1.29 is 9.84 Å². The summed E-state index contributed by atoms with van der Waals surface area (Å²) in [4.78, 5) is 2.00. The maximum absolute atomic E-state index is 9.61. The van der Waals surface area contributed by atoms with Crippen LogP contribution in [0.15, 0.2) is 0 Å². The average molecular weight is 216 g/mol. The lowest BCUT2D eigenvalue weighted by atomic mass is 10.0. The first-order chi connectivity index (χ1) is 7.18. The Morgan fingerprint density at radius 2 is 2.33 bits per heavy atom. The molecule has 0 spiro atoms. The molecule has 0 saturated carbocycles. The van der Waals surface area contributed by atoms with Gasteiger partial charge in [0.2, 0.25) is 0 Å². The van der Waals surface area contributed by atoms with Gasteiger partial charge in [0.1, 0.15) is 0 Å². The molecule has 1 aliphatic rings. The fourth-order valence-corrected chi connectivity index (χ4v) is 1.91. The van der Waals surface area contributed by atoms with E-state index in [9.17, 15) is 5.11 Å². The van der Waals surface area contributed by atoms with Crippen LogP contribution in [0.25, 0.3) is 0 Å². The van der Waals surface area contributed by atoms with Gasteiger partial charge in [0.15, 0.2) is 0 Å². The number of hydrogen-bond acceptors (Lipinski definition) is 4. The van der Waals surface area contributed by atoms with Crippen molar-refractivity contribution >= 4 is 0 Å². The summed E-state index contributed by atoms with van der Waals surface area (Å²) in [6, 6.07) is 0. The van der Waals surface area contributed by atoms with Gasteiger partial charge in [-0.15, -0.1) is 0 Å². The first kappa shape index (κ1) is 12.9. The Hall–Kier alpha value is -0.160. The van der Waals surface area contributed by atoms with E-state index in [2.05, 4.69) is 5.32 Å². The van der Waals surface area contributed by atoms with Crippen LogP contribution in [-0.2, 0) is 4.74 Å². The van der Waals surface area contributed by atoms with Crippen LogP contribution in [0.4, 0.5) is 0 Å². The summed E-state index contributed by atoms with van der Waals surface area (Å²) in [5.74, 6) is 0.630. The minimum atomic E-state index is -0.274. The number of likely N-dealkylation sites (N-methyl/N-ethyl adjacent to an activating group) is 1. The highest BCUT2D eigenvalue weighted by Crippen LogP contribution is 2.11. The Morgan fingerprint density at radius 3 is 2.93 bits per heavy atom. The molecule has 1 heterocycles. The van der Waals surface area contributed by atoms with E-state index < -0.39 is 0 Å². The molecule has 0 bridgehead atoms. The average Bonchev–Trinajstić information content (AvgIpc) is 2.18. The van der Waals surface area contributed by atoms with Crippen molar-refractivity contribution in [3.63, 3.8) is 0 Å². The largest absolute Gasteiger partial charge is 0.390 e. The molecule has 4 nitrogen and oxygen atoms in total. The van der Waals surface area contributed by atoms with Gasteiger partial charge in [0.25, 0.3) is 0 Å². The quantitative estimate of drug-likeness (QED) is 0.652. The standard InChI is InChI=1S/C11H24N2O2/c1-13(2)8-11(14)7-12-6-10-4-3-5-15-9-10/h10-12,14H,3-9H2,1-2H3. The molecule has 1 aliphatic heterocycles. The second-order valence-corrected chi connectivity index (χ2v) is 4.66. The Morgan fingerprint density at radius 1 is 1.53 bits per heavy atom. The van der Waals surface area contributed by atoms with E-state index in [1.165, 1.54) is 12.8 Å². The zero-order chi connectivity index (χ0) is 11.1. The topological polar surface area (TPSA) is 44.7 Å². The van der Waals surface area contributed by atoms with Gasteiger partial charge in [-0.25, -0.2) is 0 Å². The Balaban J connectivity index is 1.99. The molecule has 0 amide bonds. The smallest absolute Gasteiger partial charge is 0.0791 e. The zero-order valence-electron chi connectivity index (χ0n) is 9.91. The van der Waals surface area contributed by atoms with Crippen LogP contribution >= 0.6 is 0 Å². The number of ether oxygens (including phenoxy) is 1. The van der Waals surface area contributed by atoms with E-state index >= 15 is 0 Å². The molecule has 0 radical (unpaired) electrons. The molecule has 90 valence electrons. The molecule has 2 N–H and O–H groups in total. The van der Waals surface area contributed by atoms with E-state index in [1.807, 2.05) is 19.0 Å². The number of nitrogens with one attached hydrogen (secondary N) is 1. The first-order valence-electron chi connectivity index (χ1n) is 5.79. The number of rotatable bonds is 6. The molecule has 0 aromatic carbocycles. The summed E-state index contributed by atoms with van der Waals surface area (Å²) in [7, 11) is 3.94. The summed E-state index contributed by atoms with van der Waals surface area (Å²) in [6.07, 6.45) is 2.15. The second-order valence-electron chi connectivity index (χ2n) is 4.66. The SMILES string of the molecule is CN(C)CC(O)CNCC1CCCOC1. The van der Waals surface area contributed by atoms with Crippen molar-refractivity contribution in [1.82, 2.24) is 10.2 Å². The van der Waals surface area contributed by atoms with E-state index in [1.54, 1.807) is 0 Å². The molecule has 2 atom stereocenters. The van der Waals surface area contributed by atoms with Gasteiger partial charge in [-0.1, -0.05) is 0 Å². The molecule has 0 aliphatic carbocycles. The third kappa shape index (κ3) is 6.10. The highest BCUT2D eigenvalue weighted by Gasteiger charge is 2.13. The predicted molar refractivity (Wildman–Crippen MR) is 61.0 cm³/mol. The van der Waals surface area contributed by atoms with Gasteiger partial charge < -0.3 is 20.1 Å². The maximum atomic E-state index is 9.61. The summed E-state index contributed by atoms with van der Waals surface area (Å²) in [6.45, 7) is 4.14. The predicted octanol–water partition coefficient (Wildman–Crippen LogP) is -0.0749. The Kier molecular flexibility index (Phi) is 6.17. The second kappa shape index (κ2) is 7.17. The lowest BCUT2D eigenvalue weighted by molar-refractivity contribution is 0.0526. The first-order valence-corrected chi connectivity index (χ1v) is 5.79. The highest BCUT2D eigenvalue weighted by atomic mass is 16.5. The molecule has 1 rings (SSSR count). The van der Waals surface area contributed by atoms with Crippen molar-refractivity contribution in [3.8, 4) is 0 Å². The molecule has 0 aromatic heterocycles. The summed E-state index contributed by atoms with van der Waals surface area (Å²) >= 11 is 0. The summed E-state index contributed by atoms with van der Waals surface area (Å²) in [5, 5.41) is 12.9. The van der Waals surface area contributed by atoms with Gasteiger partial charge >= 0.3 is 0 Å². The normalized spacial score (nSPS) is 24.4. The zero-order valence-corrected chi connectivity index (χ0v) is 9.91. The Labute approximate surface area is 92.6 Å². The van der Waals surface area contributed by atoms with Gasteiger partial charge in [-0.3, -0.25) is 0 Å². The third-order valence-corrected chi connectivity index (χ3v) is 2.64. The molecule has 1 fully saturated rings. The monoisotopic (exact) mass is 216 g/mol. The van der Waals surface area contributed by atoms with Gasteiger partial charge in [0, 0.05) is 26.2 Å². The molecular weight excluding hydrogens is 192 g/mol. The van der Waals surface area contributed by atoms with Crippen LogP contribution < -0.4 is 5.32 Å². The highest BCUT2D eigenvalue weighted by molar-refractivity contribution is 4.68. The van der Waals surface area contributed by atoms with Gasteiger partial charge in [-0.05, 0) is 32.9 Å².